The molecule has 0 fully saturated rings. The molecule has 138 valence electrons. The van der Waals surface area contributed by atoms with Crippen molar-refractivity contribution in [3.63, 3.8) is 0 Å². The normalized spacial score (nSPS) is 16.0. The quantitative estimate of drug-likeness (QED) is 0.561. The summed E-state index contributed by atoms with van der Waals surface area (Å²) in [4.78, 5) is 14.4. The van der Waals surface area contributed by atoms with E-state index in [0.29, 0.717) is 24.6 Å². The molecule has 4 nitrogen and oxygen atoms in total. The molecular formula is C23H23NO3. The summed E-state index contributed by atoms with van der Waals surface area (Å²) in [6, 6.07) is 20.0. The second kappa shape index (κ2) is 7.41. The molecular weight excluding hydrogens is 338 g/mol. The van der Waals surface area contributed by atoms with Crippen molar-refractivity contribution in [3.8, 4) is 0 Å². The monoisotopic (exact) mass is 361 g/mol. The number of furan rings is 1. The molecule has 0 bridgehead atoms. The van der Waals surface area contributed by atoms with E-state index in [9.17, 15) is 4.79 Å². The van der Waals surface area contributed by atoms with E-state index in [2.05, 4.69) is 43.0 Å². The van der Waals surface area contributed by atoms with Crippen molar-refractivity contribution < 1.29 is 13.9 Å². The van der Waals surface area contributed by atoms with Crippen molar-refractivity contribution in [2.24, 2.45) is 0 Å². The Hall–Kier alpha value is -2.85. The molecule has 3 aromatic rings. The van der Waals surface area contributed by atoms with E-state index < -0.39 is 6.23 Å². The van der Waals surface area contributed by atoms with Crippen molar-refractivity contribution in [1.29, 1.82) is 0 Å². The summed E-state index contributed by atoms with van der Waals surface area (Å²) in [6.45, 7) is 5.59. The summed E-state index contributed by atoms with van der Waals surface area (Å²) in [5, 5.41) is 0. The molecule has 4 rings (SSSR count). The van der Waals surface area contributed by atoms with Crippen molar-refractivity contribution in [3.05, 3.63) is 94.9 Å². The molecule has 4 heteroatoms. The van der Waals surface area contributed by atoms with Crippen LogP contribution in [-0.4, -0.2) is 10.9 Å². The molecule has 2 heterocycles. The number of rotatable bonds is 6. The molecule has 27 heavy (non-hydrogen) atoms. The Balaban J connectivity index is 1.62. The van der Waals surface area contributed by atoms with Gasteiger partial charge in [0.2, 0.25) is 0 Å². The van der Waals surface area contributed by atoms with E-state index in [0.717, 1.165) is 11.3 Å². The zero-order valence-corrected chi connectivity index (χ0v) is 15.6. The fourth-order valence-corrected chi connectivity index (χ4v) is 3.46. The van der Waals surface area contributed by atoms with Gasteiger partial charge in [-0.2, -0.15) is 0 Å². The van der Waals surface area contributed by atoms with Gasteiger partial charge >= 0.3 is 5.97 Å². The fourth-order valence-electron chi connectivity index (χ4n) is 3.46. The second-order valence-electron chi connectivity index (χ2n) is 7.23. The lowest BCUT2D eigenvalue weighted by Crippen LogP contribution is -2.28. The van der Waals surface area contributed by atoms with E-state index in [-0.39, 0.29) is 5.97 Å². The summed E-state index contributed by atoms with van der Waals surface area (Å²) in [7, 11) is 0. The summed E-state index contributed by atoms with van der Waals surface area (Å²) in [6.07, 6.45) is 1.25. The van der Waals surface area contributed by atoms with Crippen LogP contribution in [0.4, 0.5) is 0 Å². The van der Waals surface area contributed by atoms with Gasteiger partial charge in [0.25, 0.3) is 0 Å². The average Bonchev–Trinajstić information content (AvgIpc) is 3.30. The molecule has 0 aliphatic carbocycles. The Labute approximate surface area is 159 Å². The average molecular weight is 361 g/mol. The Morgan fingerprint density at radius 3 is 2.44 bits per heavy atom. The molecule has 0 amide bonds. The zero-order chi connectivity index (χ0) is 18.8. The van der Waals surface area contributed by atoms with Crippen LogP contribution in [0.25, 0.3) is 0 Å². The third-order valence-corrected chi connectivity index (χ3v) is 4.97. The van der Waals surface area contributed by atoms with Crippen molar-refractivity contribution in [2.45, 2.75) is 39.1 Å². The van der Waals surface area contributed by atoms with Crippen molar-refractivity contribution >= 4 is 5.97 Å². The first kappa shape index (κ1) is 17.6. The van der Waals surface area contributed by atoms with Crippen LogP contribution in [0.5, 0.6) is 0 Å². The molecule has 0 radical (unpaired) electrons. The Kier molecular flexibility index (Phi) is 4.82. The first-order valence-electron chi connectivity index (χ1n) is 9.27. The maximum atomic E-state index is 12.3. The van der Waals surface area contributed by atoms with Crippen LogP contribution in [0.1, 0.15) is 58.8 Å². The van der Waals surface area contributed by atoms with Crippen molar-refractivity contribution in [1.82, 2.24) is 4.90 Å². The van der Waals surface area contributed by atoms with Gasteiger partial charge in [0.05, 0.1) is 18.4 Å². The number of hydrogen-bond donors (Lipinski definition) is 0. The number of ether oxygens (including phenoxy) is 1. The van der Waals surface area contributed by atoms with Gasteiger partial charge in [0, 0.05) is 12.1 Å². The van der Waals surface area contributed by atoms with Gasteiger partial charge in [0.1, 0.15) is 5.76 Å². The molecule has 0 spiro atoms. The summed E-state index contributed by atoms with van der Waals surface area (Å²) < 4.78 is 11.3. The van der Waals surface area contributed by atoms with Gasteiger partial charge in [0.15, 0.2) is 6.23 Å². The number of carbonyl (C=O) groups excluding carboxylic acids is 1. The highest BCUT2D eigenvalue weighted by Crippen LogP contribution is 2.35. The minimum absolute atomic E-state index is 0.268. The largest absolute Gasteiger partial charge is 0.468 e. The lowest BCUT2D eigenvalue weighted by atomic mass is 10.0. The molecule has 0 saturated heterocycles. The minimum Gasteiger partial charge on any atom is -0.468 e. The highest BCUT2D eigenvalue weighted by molar-refractivity contribution is 5.93. The number of esters is 1. The molecule has 1 aliphatic heterocycles. The number of fused-ring (bicyclic) bond motifs is 1. The summed E-state index contributed by atoms with van der Waals surface area (Å²) in [5.74, 6) is 1.07. The van der Waals surface area contributed by atoms with Crippen LogP contribution in [0, 0.1) is 0 Å². The first-order chi connectivity index (χ1) is 13.1. The van der Waals surface area contributed by atoms with Gasteiger partial charge in [-0.3, -0.25) is 4.90 Å². The summed E-state index contributed by atoms with van der Waals surface area (Å²) >= 11 is 0. The Morgan fingerprint density at radius 1 is 0.963 bits per heavy atom. The number of carbonyl (C=O) groups is 1. The van der Waals surface area contributed by atoms with E-state index >= 15 is 0 Å². The smallest absolute Gasteiger partial charge is 0.340 e. The van der Waals surface area contributed by atoms with E-state index in [1.54, 1.807) is 6.26 Å². The molecule has 1 aliphatic rings. The highest BCUT2D eigenvalue weighted by atomic mass is 16.6. The van der Waals surface area contributed by atoms with Gasteiger partial charge in [-0.25, -0.2) is 4.79 Å². The zero-order valence-electron chi connectivity index (χ0n) is 15.6. The number of benzene rings is 2. The van der Waals surface area contributed by atoms with E-state index in [1.165, 1.54) is 11.1 Å². The van der Waals surface area contributed by atoms with Crippen molar-refractivity contribution in [2.75, 3.05) is 0 Å². The molecule has 1 atom stereocenters. The topological polar surface area (TPSA) is 42.7 Å². The molecule has 0 saturated carbocycles. The SMILES string of the molecule is CC(C)c1ccc(CN(Cc2ccco2)C2OC(=O)c3ccccc32)cc1. The predicted molar refractivity (Wildman–Crippen MR) is 103 cm³/mol. The maximum Gasteiger partial charge on any atom is 0.340 e. The third kappa shape index (κ3) is 3.67. The number of hydrogen-bond acceptors (Lipinski definition) is 4. The first-order valence-corrected chi connectivity index (χ1v) is 9.27. The molecule has 1 unspecified atom stereocenters. The molecule has 2 aromatic carbocycles. The van der Waals surface area contributed by atoms with Gasteiger partial charge in [-0.1, -0.05) is 56.3 Å². The lowest BCUT2D eigenvalue weighted by molar-refractivity contribution is -0.0335. The van der Waals surface area contributed by atoms with Crippen LogP contribution in [0.2, 0.25) is 0 Å². The number of nitrogens with zero attached hydrogens (tertiary/aromatic N) is 1. The van der Waals surface area contributed by atoms with Crippen LogP contribution < -0.4 is 0 Å². The van der Waals surface area contributed by atoms with E-state index in [4.69, 9.17) is 9.15 Å². The third-order valence-electron chi connectivity index (χ3n) is 4.97. The lowest BCUT2D eigenvalue weighted by Gasteiger charge is -2.27. The Morgan fingerprint density at radius 2 is 1.74 bits per heavy atom. The van der Waals surface area contributed by atoms with Crippen LogP contribution >= 0.6 is 0 Å². The highest BCUT2D eigenvalue weighted by Gasteiger charge is 2.35. The fraction of sp³-hybridized carbons (Fsp3) is 0.261. The van der Waals surface area contributed by atoms with Crippen LogP contribution in [0.15, 0.2) is 71.3 Å². The standard InChI is InChI=1S/C23H23NO3/c1-16(2)18-11-9-17(10-12-18)14-24(15-19-6-5-13-26-19)22-20-7-3-4-8-21(20)23(25)27-22/h3-13,16,22H,14-15H2,1-2H3. The minimum atomic E-state index is -0.413. The maximum absolute atomic E-state index is 12.3. The predicted octanol–water partition coefficient (Wildman–Crippen LogP) is 5.27. The molecule has 0 N–H and O–H groups in total. The summed E-state index contributed by atoms with van der Waals surface area (Å²) in [5.41, 5.74) is 4.04. The van der Waals surface area contributed by atoms with E-state index in [1.807, 2.05) is 36.4 Å². The van der Waals surface area contributed by atoms with Crippen LogP contribution in [-0.2, 0) is 17.8 Å². The Bertz CT molecular complexity index is 913. The van der Waals surface area contributed by atoms with Gasteiger partial charge < -0.3 is 9.15 Å². The molecule has 1 aromatic heterocycles. The van der Waals surface area contributed by atoms with Gasteiger partial charge in [-0.05, 0) is 35.2 Å². The number of cyclic esters (lactones) is 1. The van der Waals surface area contributed by atoms with Crippen LogP contribution in [0.3, 0.4) is 0 Å². The second-order valence-corrected chi connectivity index (χ2v) is 7.23. The van der Waals surface area contributed by atoms with Gasteiger partial charge in [-0.15, -0.1) is 0 Å².